The monoisotopic (exact) mass is 389 g/mol. The minimum absolute atomic E-state index is 0.120. The maximum Gasteiger partial charge on any atom is 0.490 e. The predicted molar refractivity (Wildman–Crippen MR) is 88.9 cm³/mol. The molecule has 3 rings (SSSR count). The van der Waals surface area contributed by atoms with Gasteiger partial charge in [-0.05, 0) is 17.9 Å². The lowest BCUT2D eigenvalue weighted by molar-refractivity contribution is -0.192. The second-order valence-electron chi connectivity index (χ2n) is 6.63. The van der Waals surface area contributed by atoms with Crippen LogP contribution >= 0.6 is 0 Å². The Labute approximate surface area is 154 Å². The summed E-state index contributed by atoms with van der Waals surface area (Å²) in [5.74, 6) is -0.685. The maximum absolute atomic E-state index is 11.7. The number of hydrogen-bond donors (Lipinski definition) is 2. The van der Waals surface area contributed by atoms with Crippen molar-refractivity contribution in [2.45, 2.75) is 19.6 Å². The van der Waals surface area contributed by atoms with E-state index in [0.717, 1.165) is 31.7 Å². The van der Waals surface area contributed by atoms with Gasteiger partial charge in [0.1, 0.15) is 0 Å². The minimum Gasteiger partial charge on any atom is -0.481 e. The van der Waals surface area contributed by atoms with Crippen molar-refractivity contribution in [1.82, 2.24) is 15.2 Å². The molecule has 2 saturated heterocycles. The third kappa shape index (κ3) is 5.31. The van der Waals surface area contributed by atoms with Crippen LogP contribution in [0.3, 0.4) is 0 Å². The zero-order valence-electron chi connectivity index (χ0n) is 15.0. The number of methoxy groups -OCH3 is 1. The molecule has 2 aliphatic rings. The van der Waals surface area contributed by atoms with Crippen molar-refractivity contribution in [1.29, 1.82) is 0 Å². The van der Waals surface area contributed by atoms with E-state index in [1.54, 1.807) is 13.3 Å². The van der Waals surface area contributed by atoms with Crippen LogP contribution in [0, 0.1) is 17.8 Å². The first kappa shape index (κ1) is 20.9. The number of hydrogen-bond acceptors (Lipinski definition) is 5. The summed E-state index contributed by atoms with van der Waals surface area (Å²) in [5.41, 5.74) is 1.11. The van der Waals surface area contributed by atoms with E-state index in [4.69, 9.17) is 14.6 Å². The molecule has 0 aliphatic carbocycles. The summed E-state index contributed by atoms with van der Waals surface area (Å²) in [7, 11) is 1.65. The number of carboxylic acids is 1. The molecular weight excluding hydrogens is 367 g/mol. The van der Waals surface area contributed by atoms with Crippen LogP contribution in [0.25, 0.3) is 0 Å². The molecule has 0 unspecified atom stereocenters. The van der Waals surface area contributed by atoms with Crippen LogP contribution in [0.4, 0.5) is 13.2 Å². The van der Waals surface area contributed by atoms with Crippen molar-refractivity contribution < 1.29 is 32.6 Å². The van der Waals surface area contributed by atoms with E-state index in [1.807, 2.05) is 13.0 Å². The third-order valence-corrected chi connectivity index (χ3v) is 4.84. The van der Waals surface area contributed by atoms with E-state index < -0.39 is 12.1 Å². The Morgan fingerprint density at radius 1 is 1.44 bits per heavy atom. The topological polar surface area (TPSA) is 91.8 Å². The Kier molecular flexibility index (Phi) is 6.63. The number of aliphatic carboxylic acids is 1. The number of aromatic nitrogens is 1. The second kappa shape index (κ2) is 8.55. The van der Waals surface area contributed by atoms with Crippen LogP contribution in [-0.4, -0.2) is 59.8 Å². The number of halogens is 3. The van der Waals surface area contributed by atoms with Crippen LogP contribution in [0.15, 0.2) is 18.3 Å². The summed E-state index contributed by atoms with van der Waals surface area (Å²) in [6.07, 6.45) is -3.34. The van der Waals surface area contributed by atoms with Crippen LogP contribution in [0.2, 0.25) is 0 Å². The molecule has 3 atom stereocenters. The Bertz CT molecular complexity index is 684. The number of carbonyl (C=O) groups is 2. The number of alkyl halides is 3. The van der Waals surface area contributed by atoms with Gasteiger partial charge in [-0.15, -0.1) is 0 Å². The second-order valence-corrected chi connectivity index (χ2v) is 6.63. The van der Waals surface area contributed by atoms with Crippen LogP contribution in [-0.2, 0) is 16.1 Å². The van der Waals surface area contributed by atoms with Gasteiger partial charge in [-0.25, -0.2) is 9.78 Å². The average Bonchev–Trinajstić information content (AvgIpc) is 3.02. The Morgan fingerprint density at radius 2 is 2.11 bits per heavy atom. The Balaban J connectivity index is 0.000000321. The molecule has 2 fully saturated rings. The van der Waals surface area contributed by atoms with Gasteiger partial charge < -0.3 is 15.2 Å². The van der Waals surface area contributed by atoms with Gasteiger partial charge in [-0.1, -0.05) is 13.0 Å². The van der Waals surface area contributed by atoms with E-state index in [9.17, 15) is 18.0 Å². The highest BCUT2D eigenvalue weighted by molar-refractivity contribution is 5.79. The van der Waals surface area contributed by atoms with Gasteiger partial charge in [-0.3, -0.25) is 9.69 Å². The Morgan fingerprint density at radius 3 is 2.70 bits per heavy atom. The highest BCUT2D eigenvalue weighted by atomic mass is 19.4. The lowest BCUT2D eigenvalue weighted by atomic mass is 9.81. The average molecular weight is 389 g/mol. The number of carbonyl (C=O) groups excluding carboxylic acids is 1. The van der Waals surface area contributed by atoms with Crippen molar-refractivity contribution >= 4 is 11.9 Å². The normalized spacial score (nSPS) is 25.1. The summed E-state index contributed by atoms with van der Waals surface area (Å²) >= 11 is 0. The molecule has 1 aromatic rings. The lowest BCUT2D eigenvalue weighted by Gasteiger charge is -2.30. The molecule has 3 heterocycles. The molecule has 1 amide bonds. The molecule has 1 aromatic heterocycles. The quantitative estimate of drug-likeness (QED) is 0.815. The lowest BCUT2D eigenvalue weighted by Crippen LogP contribution is -2.46. The van der Waals surface area contributed by atoms with E-state index >= 15 is 0 Å². The molecule has 0 bridgehead atoms. The molecule has 0 radical (unpaired) electrons. The summed E-state index contributed by atoms with van der Waals surface area (Å²) in [6, 6.07) is 4.00. The molecule has 0 aromatic carbocycles. The van der Waals surface area contributed by atoms with Crippen molar-refractivity contribution in [3.63, 3.8) is 0 Å². The number of rotatable bonds is 3. The maximum atomic E-state index is 11.7. The van der Waals surface area contributed by atoms with Crippen molar-refractivity contribution in [3.05, 3.63) is 23.9 Å². The molecule has 10 heteroatoms. The van der Waals surface area contributed by atoms with Gasteiger partial charge in [0.25, 0.3) is 0 Å². The summed E-state index contributed by atoms with van der Waals surface area (Å²) < 4.78 is 37.0. The Hall–Kier alpha value is -2.36. The highest BCUT2D eigenvalue weighted by Crippen LogP contribution is 2.33. The smallest absolute Gasteiger partial charge is 0.481 e. The van der Waals surface area contributed by atoms with Gasteiger partial charge in [-0.2, -0.15) is 13.2 Å². The van der Waals surface area contributed by atoms with Crippen LogP contribution in [0.5, 0.6) is 5.88 Å². The van der Waals surface area contributed by atoms with Gasteiger partial charge in [0.2, 0.25) is 11.8 Å². The van der Waals surface area contributed by atoms with Crippen LogP contribution < -0.4 is 10.1 Å². The first-order chi connectivity index (χ1) is 12.6. The molecule has 150 valence electrons. The van der Waals surface area contributed by atoms with E-state index in [0.29, 0.717) is 17.7 Å². The van der Waals surface area contributed by atoms with Crippen molar-refractivity contribution in [2.24, 2.45) is 17.8 Å². The fourth-order valence-corrected chi connectivity index (χ4v) is 3.46. The molecule has 2 aliphatic heterocycles. The first-order valence-electron chi connectivity index (χ1n) is 8.41. The first-order valence-corrected chi connectivity index (χ1v) is 8.41. The number of carboxylic acid groups (broad SMARTS) is 1. The van der Waals surface area contributed by atoms with Crippen molar-refractivity contribution in [3.8, 4) is 5.88 Å². The van der Waals surface area contributed by atoms with Gasteiger partial charge in [0.15, 0.2) is 0 Å². The fourth-order valence-electron chi connectivity index (χ4n) is 3.46. The fraction of sp³-hybridized carbons (Fsp3) is 0.588. The number of ether oxygens (including phenoxy) is 1. The summed E-state index contributed by atoms with van der Waals surface area (Å²) in [6.45, 7) is 5.71. The largest absolute Gasteiger partial charge is 0.490 e. The zero-order chi connectivity index (χ0) is 20.2. The molecule has 27 heavy (non-hydrogen) atoms. The highest BCUT2D eigenvalue weighted by Gasteiger charge is 2.42. The molecular formula is C17H22F3N3O4. The number of nitrogens with one attached hydrogen (secondary N) is 1. The number of amides is 1. The standard InChI is InChI=1S/C15H21N3O2.C2HF3O2/c1-10-13-9-18(8-12(13)6-17-14(10)19)7-11-4-3-5-16-15(11)20-2;3-2(4,5)1(6)7/h3-5,10,12-13H,6-9H2,1-2H3,(H,17,19);(H,6,7)/t10-,12+,13+;/m1./s1. The molecule has 7 nitrogen and oxygen atoms in total. The van der Waals surface area contributed by atoms with Gasteiger partial charge in [0.05, 0.1) is 7.11 Å². The zero-order valence-corrected chi connectivity index (χ0v) is 15.0. The number of likely N-dealkylation sites (tertiary alicyclic amines) is 1. The number of piperidine rings is 1. The number of pyridine rings is 1. The SMILES string of the molecule is COc1ncccc1CN1C[C@@H]2CNC(=O)[C@H](C)[C@@H]2C1.O=C(O)C(F)(F)F. The van der Waals surface area contributed by atoms with Crippen molar-refractivity contribution in [2.75, 3.05) is 26.7 Å². The van der Waals surface area contributed by atoms with Gasteiger partial charge >= 0.3 is 12.1 Å². The van der Waals surface area contributed by atoms with Crippen LogP contribution in [0.1, 0.15) is 12.5 Å². The summed E-state index contributed by atoms with van der Waals surface area (Å²) in [4.78, 5) is 27.3. The third-order valence-electron chi connectivity index (χ3n) is 4.84. The molecule has 0 spiro atoms. The molecule has 0 saturated carbocycles. The molecule has 2 N–H and O–H groups in total. The van der Waals surface area contributed by atoms with E-state index in [1.165, 1.54) is 0 Å². The van der Waals surface area contributed by atoms with E-state index in [2.05, 4.69) is 21.3 Å². The van der Waals surface area contributed by atoms with Gasteiger partial charge in [0, 0.05) is 43.9 Å². The summed E-state index contributed by atoms with van der Waals surface area (Å²) in [5, 5.41) is 10.1. The predicted octanol–water partition coefficient (Wildman–Crippen LogP) is 1.54. The minimum atomic E-state index is -5.08. The number of fused-ring (bicyclic) bond motifs is 1. The number of nitrogens with zero attached hydrogens (tertiary/aromatic N) is 2. The van der Waals surface area contributed by atoms with E-state index in [-0.39, 0.29) is 11.8 Å².